The zero-order valence-electron chi connectivity index (χ0n) is 46.6. The van der Waals surface area contributed by atoms with Crippen LogP contribution in [0.25, 0.3) is 32.7 Å². The largest absolute Gasteiger partial charge is 0.347 e. The molecule has 6 aromatic carbocycles. The number of hydrogen-bond acceptors (Lipinski definition) is 18. The fraction of sp³-hybridized carbons (Fsp3) is 0.105. The molecule has 0 unspecified atom stereocenters. The van der Waals surface area contributed by atoms with Crippen LogP contribution in [-0.2, 0) is 64.1 Å². The number of halogens is 4. The third-order valence-electron chi connectivity index (χ3n) is 13.1. The van der Waals surface area contributed by atoms with Crippen LogP contribution in [0.2, 0.25) is 15.1 Å². The zero-order chi connectivity index (χ0) is 64.3. The van der Waals surface area contributed by atoms with Gasteiger partial charge in [-0.15, -0.1) is 0 Å². The minimum Gasteiger partial charge on any atom is -0.347 e. The maximum absolute atomic E-state index is 14.0. The highest BCUT2D eigenvalue weighted by Gasteiger charge is 2.20. The summed E-state index contributed by atoms with van der Waals surface area (Å²) in [4.78, 5) is 48.4. The number of hydrogen-bond donors (Lipinski definition) is 6. The van der Waals surface area contributed by atoms with Gasteiger partial charge >= 0.3 is 0 Å². The van der Waals surface area contributed by atoms with E-state index in [2.05, 4.69) is 58.2 Å². The molecule has 12 rings (SSSR count). The van der Waals surface area contributed by atoms with Crippen molar-refractivity contribution >= 4 is 182 Å². The van der Waals surface area contributed by atoms with E-state index < -0.39 is 30.1 Å². The molecule has 91 heavy (non-hydrogen) atoms. The predicted molar refractivity (Wildman–Crippen MR) is 352 cm³/mol. The molecule has 0 aliphatic heterocycles. The second-order valence-electron chi connectivity index (χ2n) is 19.2. The van der Waals surface area contributed by atoms with Gasteiger partial charge in [-0.2, -0.15) is 13.1 Å². The summed E-state index contributed by atoms with van der Waals surface area (Å²) >= 11 is 21.2. The summed E-state index contributed by atoms with van der Waals surface area (Å²) in [6, 6.07) is 37.2. The van der Waals surface area contributed by atoms with Crippen LogP contribution in [0.5, 0.6) is 0 Å². The second-order valence-corrected chi connectivity index (χ2v) is 27.8. The van der Waals surface area contributed by atoms with E-state index >= 15 is 0 Å². The average Bonchev–Trinajstić information content (AvgIpc) is 2.02. The van der Waals surface area contributed by atoms with Gasteiger partial charge in [0.2, 0.25) is 33.1 Å². The topological polar surface area (TPSA) is 318 Å². The molecule has 0 spiro atoms. The van der Waals surface area contributed by atoms with Gasteiger partial charge in [0.1, 0.15) is 24.8 Å². The second kappa shape index (κ2) is 28.9. The Morgan fingerprint density at radius 2 is 0.791 bits per heavy atom. The number of carbonyl (C=O) groups excluding carboxylic acids is 3. The minimum atomic E-state index is -3.79. The van der Waals surface area contributed by atoms with Crippen molar-refractivity contribution < 1.29 is 44.0 Å². The maximum atomic E-state index is 14.0. The first-order chi connectivity index (χ1) is 43.7. The first kappa shape index (κ1) is 65.0. The van der Waals surface area contributed by atoms with Gasteiger partial charge in [0, 0.05) is 131 Å². The molecule has 6 aromatic heterocycles. The van der Waals surface area contributed by atoms with E-state index in [1.807, 2.05) is 57.9 Å². The monoisotopic (exact) mass is 1400 g/mol. The molecule has 468 valence electrons. The van der Waals surface area contributed by atoms with Crippen LogP contribution in [0.1, 0.15) is 19.3 Å². The van der Waals surface area contributed by atoms with Crippen LogP contribution in [0.15, 0.2) is 192 Å². The van der Waals surface area contributed by atoms with Gasteiger partial charge in [-0.25, -0.2) is 44.6 Å². The van der Waals surface area contributed by atoms with E-state index in [1.54, 1.807) is 35.0 Å². The summed E-state index contributed by atoms with van der Waals surface area (Å²) in [6.45, 7) is 1.23. The molecule has 0 aliphatic rings. The van der Waals surface area contributed by atoms with Crippen molar-refractivity contribution in [3.8, 4) is 0 Å². The number of aromatic nitrogens is 9. The molecule has 6 heterocycles. The number of para-hydroxylation sites is 2. The molecule has 0 saturated heterocycles. The average molecular weight is 1400 g/mol. The number of nitrogens with one attached hydrogen (secondary N) is 6. The van der Waals surface area contributed by atoms with Crippen molar-refractivity contribution in [2.45, 2.75) is 53.6 Å². The summed E-state index contributed by atoms with van der Waals surface area (Å²) in [6.07, 6.45) is 9.90. The fourth-order valence-corrected chi connectivity index (χ4v) is 14.5. The Morgan fingerprint density at radius 1 is 0.429 bits per heavy atom. The number of sulfonamides is 3. The SMILES string of the molecule is O=C(CCn1ccc2cc(Cl)c(Cl)cc21)Nc1ccc(S(=O)(=O)Nc2ncns2)cc1.O=C(CCn1ccc2cccc(Cl)c21)Nc1ccc(S(=O)(=O)Nc2ncns2)cc1.O=C(CCn1ccc2cccc(F)c21)Nc1ccc(S(=O)(=O)Nc2ncns2)cc1. The quantitative estimate of drug-likeness (QED) is 0.0389. The Bertz CT molecular complexity index is 4690. The number of aryl methyl sites for hydroxylation is 3. The lowest BCUT2D eigenvalue weighted by molar-refractivity contribution is -0.117. The highest BCUT2D eigenvalue weighted by Crippen LogP contribution is 2.30. The molecule has 0 aliphatic carbocycles. The number of fused-ring (bicyclic) bond motifs is 3. The van der Waals surface area contributed by atoms with Crippen LogP contribution in [0, 0.1) is 5.82 Å². The van der Waals surface area contributed by atoms with E-state index in [4.69, 9.17) is 34.8 Å². The summed E-state index contributed by atoms with van der Waals surface area (Å²) in [5.74, 6) is -0.997. The molecule has 34 heteroatoms. The highest BCUT2D eigenvalue weighted by molar-refractivity contribution is 7.93. The summed E-state index contributed by atoms with van der Waals surface area (Å²) in [7, 11) is -11.3. The molecule has 0 radical (unpaired) electrons. The number of amides is 3. The van der Waals surface area contributed by atoms with E-state index in [0.29, 0.717) is 57.3 Å². The van der Waals surface area contributed by atoms with E-state index in [1.165, 1.54) is 97.8 Å². The Labute approximate surface area is 545 Å². The summed E-state index contributed by atoms with van der Waals surface area (Å²) in [5.41, 5.74) is 3.70. The number of carbonyl (C=O) groups is 3. The molecular weight excluding hydrogens is 1360 g/mol. The number of benzene rings is 6. The summed E-state index contributed by atoms with van der Waals surface area (Å²) < 4.78 is 112. The minimum absolute atomic E-state index is 0.0324. The molecular formula is C57H47Cl3FN15O9S6. The zero-order valence-corrected chi connectivity index (χ0v) is 53.8. The number of anilines is 6. The molecule has 0 saturated carbocycles. The van der Waals surface area contributed by atoms with Crippen LogP contribution >= 0.6 is 69.4 Å². The lowest BCUT2D eigenvalue weighted by Crippen LogP contribution is -2.15. The first-order valence-corrected chi connectivity index (χ1v) is 34.6. The van der Waals surface area contributed by atoms with Crippen molar-refractivity contribution in [1.29, 1.82) is 0 Å². The van der Waals surface area contributed by atoms with E-state index in [0.717, 1.165) is 61.8 Å². The molecule has 3 amide bonds. The van der Waals surface area contributed by atoms with Gasteiger partial charge in [-0.3, -0.25) is 28.5 Å². The van der Waals surface area contributed by atoms with Gasteiger partial charge in [-0.05, 0) is 115 Å². The Kier molecular flexibility index (Phi) is 20.7. The van der Waals surface area contributed by atoms with Crippen LogP contribution in [0.4, 0.5) is 36.8 Å². The third kappa shape index (κ3) is 16.9. The van der Waals surface area contributed by atoms with Gasteiger partial charge in [0.15, 0.2) is 0 Å². The van der Waals surface area contributed by atoms with Crippen molar-refractivity contribution in [1.82, 2.24) is 41.8 Å². The fourth-order valence-electron chi connectivity index (χ4n) is 8.85. The van der Waals surface area contributed by atoms with Gasteiger partial charge in [0.05, 0.1) is 40.8 Å². The van der Waals surface area contributed by atoms with Crippen molar-refractivity contribution in [3.63, 3.8) is 0 Å². The molecule has 6 N–H and O–H groups in total. The van der Waals surface area contributed by atoms with Crippen molar-refractivity contribution in [2.24, 2.45) is 0 Å². The smallest absolute Gasteiger partial charge is 0.263 e. The number of nitrogens with zero attached hydrogens (tertiary/aromatic N) is 9. The Balaban J connectivity index is 0.000000150. The number of rotatable bonds is 21. The molecule has 24 nitrogen and oxygen atoms in total. The van der Waals surface area contributed by atoms with Gasteiger partial charge in [0.25, 0.3) is 30.1 Å². The van der Waals surface area contributed by atoms with E-state index in [9.17, 15) is 44.0 Å². The molecule has 0 bridgehead atoms. The molecule has 12 aromatic rings. The Morgan fingerprint density at radius 3 is 1.21 bits per heavy atom. The van der Waals surface area contributed by atoms with E-state index in [-0.39, 0.29) is 72.9 Å². The molecule has 0 atom stereocenters. The van der Waals surface area contributed by atoms with Gasteiger partial charge < -0.3 is 29.7 Å². The lowest BCUT2D eigenvalue weighted by Gasteiger charge is -2.09. The van der Waals surface area contributed by atoms with Crippen LogP contribution in [0.3, 0.4) is 0 Å². The predicted octanol–water partition coefficient (Wildman–Crippen LogP) is 12.1. The first-order valence-electron chi connectivity index (χ1n) is 26.7. The Hall–Kier alpha value is -8.92. The maximum Gasteiger partial charge on any atom is 0.263 e. The summed E-state index contributed by atoms with van der Waals surface area (Å²) in [5, 5.41) is 13.1. The highest BCUT2D eigenvalue weighted by atomic mass is 35.5. The normalized spacial score (nSPS) is 11.5. The van der Waals surface area contributed by atoms with Crippen molar-refractivity contribution in [3.05, 3.63) is 198 Å². The molecule has 0 fully saturated rings. The van der Waals surface area contributed by atoms with Crippen molar-refractivity contribution in [2.75, 3.05) is 30.1 Å². The third-order valence-corrected chi connectivity index (χ3v) is 20.3. The lowest BCUT2D eigenvalue weighted by atomic mass is 10.2. The van der Waals surface area contributed by atoms with Crippen LogP contribution < -0.4 is 30.1 Å². The van der Waals surface area contributed by atoms with Gasteiger partial charge in [-0.1, -0.05) is 59.1 Å². The standard InChI is InChI=1S/C19H15Cl2N5O3S2.C19H16ClN5O3S2.C19H16FN5O3S2/c20-15-9-12-5-7-26(17(12)10-16(15)21)8-6-18(27)24-13-1-3-14(4-2-13)31(28,29)25-19-22-11-23-30-19;2*20-16-3-1-2-13-8-10-25(18(13)16)11-9-17(26)23-14-4-6-15(7-5-14)30(27,28)24-19-21-12-22-29-19/h1-5,7,9-11H,6,8H2,(H,24,27)(H,22,23,25);2*1-8,10,12H,9,11H2,(H,23,26)(H,21,22,24). The van der Waals surface area contributed by atoms with Crippen LogP contribution in [-0.4, -0.2) is 84.7 Å².